The predicted molar refractivity (Wildman–Crippen MR) is 63.8 cm³/mol. The van der Waals surface area contributed by atoms with Crippen LogP contribution in [-0.2, 0) is 4.79 Å². The van der Waals surface area contributed by atoms with Crippen LogP contribution in [0.4, 0.5) is 0 Å². The molecule has 0 bridgehead atoms. The predicted octanol–water partition coefficient (Wildman–Crippen LogP) is 2.05. The Bertz CT molecular complexity index is 298. The van der Waals surface area contributed by atoms with Gasteiger partial charge in [-0.05, 0) is 24.8 Å². The molecule has 15 heavy (non-hydrogen) atoms. The Morgan fingerprint density at radius 2 is 2.40 bits per heavy atom. The fraction of sp³-hybridized carbons (Fsp3) is 0.545. The molecule has 1 amide bonds. The lowest BCUT2D eigenvalue weighted by Crippen LogP contribution is -2.41. The van der Waals surface area contributed by atoms with E-state index in [2.05, 4.69) is 5.32 Å². The van der Waals surface area contributed by atoms with Crippen LogP contribution in [0.5, 0.6) is 0 Å². The fourth-order valence-electron chi connectivity index (χ4n) is 1.37. The van der Waals surface area contributed by atoms with Gasteiger partial charge in [-0.3, -0.25) is 4.79 Å². The Morgan fingerprint density at radius 3 is 2.93 bits per heavy atom. The molecule has 0 fully saturated rings. The van der Waals surface area contributed by atoms with Crippen molar-refractivity contribution in [1.29, 1.82) is 0 Å². The highest BCUT2D eigenvalue weighted by atomic mass is 32.1. The summed E-state index contributed by atoms with van der Waals surface area (Å²) in [4.78, 5) is 12.8. The maximum atomic E-state index is 11.6. The van der Waals surface area contributed by atoms with Gasteiger partial charge in [-0.25, -0.2) is 0 Å². The summed E-state index contributed by atoms with van der Waals surface area (Å²) in [5.41, 5.74) is 5.72. The maximum absolute atomic E-state index is 11.6. The quantitative estimate of drug-likeness (QED) is 0.807. The molecule has 1 heterocycles. The van der Waals surface area contributed by atoms with Crippen molar-refractivity contribution in [2.24, 2.45) is 5.73 Å². The number of thiophene rings is 1. The number of rotatable bonds is 5. The van der Waals surface area contributed by atoms with E-state index < -0.39 is 0 Å². The van der Waals surface area contributed by atoms with Gasteiger partial charge in [-0.2, -0.15) is 0 Å². The van der Waals surface area contributed by atoms with Crippen LogP contribution in [0.15, 0.2) is 17.5 Å². The van der Waals surface area contributed by atoms with Gasteiger partial charge in [0.25, 0.3) is 0 Å². The molecule has 0 saturated carbocycles. The van der Waals surface area contributed by atoms with E-state index in [1.165, 1.54) is 0 Å². The first-order valence-corrected chi connectivity index (χ1v) is 6.12. The molecule has 1 rings (SSSR count). The SMILES string of the molecule is CCC[C@@H](N)C(=O)N[C@@H](C)c1cccs1. The molecule has 1 aromatic heterocycles. The molecule has 3 N–H and O–H groups in total. The molecule has 0 aliphatic rings. The van der Waals surface area contributed by atoms with Crippen molar-refractivity contribution in [1.82, 2.24) is 5.32 Å². The minimum atomic E-state index is -0.377. The van der Waals surface area contributed by atoms with Gasteiger partial charge in [-0.15, -0.1) is 11.3 Å². The van der Waals surface area contributed by atoms with E-state index in [4.69, 9.17) is 5.73 Å². The molecule has 4 heteroatoms. The smallest absolute Gasteiger partial charge is 0.237 e. The summed E-state index contributed by atoms with van der Waals surface area (Å²) < 4.78 is 0. The lowest BCUT2D eigenvalue weighted by atomic mass is 10.1. The standard InChI is InChI=1S/C11H18N2OS/c1-3-5-9(12)11(14)13-8(2)10-6-4-7-15-10/h4,6-9H,3,5,12H2,1-2H3,(H,13,14)/t8-,9+/m0/s1. The molecule has 0 saturated heterocycles. The van der Waals surface area contributed by atoms with Gasteiger partial charge < -0.3 is 11.1 Å². The Balaban J connectivity index is 2.44. The molecule has 84 valence electrons. The first kappa shape index (κ1) is 12.2. The first-order chi connectivity index (χ1) is 7.15. The number of hydrogen-bond donors (Lipinski definition) is 2. The van der Waals surface area contributed by atoms with Crippen LogP contribution in [0, 0.1) is 0 Å². The summed E-state index contributed by atoms with van der Waals surface area (Å²) in [5.74, 6) is -0.0576. The minimum absolute atomic E-state index is 0.0559. The maximum Gasteiger partial charge on any atom is 0.237 e. The summed E-state index contributed by atoms with van der Waals surface area (Å²) >= 11 is 1.64. The number of nitrogens with two attached hydrogens (primary N) is 1. The van der Waals surface area contributed by atoms with Crippen LogP contribution in [-0.4, -0.2) is 11.9 Å². The zero-order valence-electron chi connectivity index (χ0n) is 9.19. The second kappa shape index (κ2) is 5.88. The van der Waals surface area contributed by atoms with Gasteiger partial charge in [-0.1, -0.05) is 19.4 Å². The third-order valence-corrected chi connectivity index (χ3v) is 3.32. The number of hydrogen-bond acceptors (Lipinski definition) is 3. The molecule has 0 aromatic carbocycles. The summed E-state index contributed by atoms with van der Waals surface area (Å²) in [7, 11) is 0. The van der Waals surface area contributed by atoms with E-state index in [9.17, 15) is 4.79 Å². The van der Waals surface area contributed by atoms with Crippen molar-refractivity contribution >= 4 is 17.2 Å². The normalized spacial score (nSPS) is 14.6. The van der Waals surface area contributed by atoms with E-state index >= 15 is 0 Å². The topological polar surface area (TPSA) is 55.1 Å². The molecule has 0 spiro atoms. The van der Waals surface area contributed by atoms with Crippen LogP contribution in [0.2, 0.25) is 0 Å². The molecule has 1 aromatic rings. The molecule has 0 aliphatic heterocycles. The highest BCUT2D eigenvalue weighted by Crippen LogP contribution is 2.18. The van der Waals surface area contributed by atoms with Gasteiger partial charge in [0.2, 0.25) is 5.91 Å². The van der Waals surface area contributed by atoms with Crippen LogP contribution < -0.4 is 11.1 Å². The highest BCUT2D eigenvalue weighted by Gasteiger charge is 2.15. The average Bonchev–Trinajstić information content (AvgIpc) is 2.70. The molecular weight excluding hydrogens is 208 g/mol. The third kappa shape index (κ3) is 3.64. The van der Waals surface area contributed by atoms with Crippen molar-refractivity contribution < 1.29 is 4.79 Å². The van der Waals surface area contributed by atoms with Crippen molar-refractivity contribution in [3.63, 3.8) is 0 Å². The number of amides is 1. The van der Waals surface area contributed by atoms with Crippen molar-refractivity contribution in [3.05, 3.63) is 22.4 Å². The minimum Gasteiger partial charge on any atom is -0.347 e. The molecule has 0 aliphatic carbocycles. The van der Waals surface area contributed by atoms with Crippen LogP contribution in [0.3, 0.4) is 0 Å². The zero-order valence-corrected chi connectivity index (χ0v) is 10.0. The summed E-state index contributed by atoms with van der Waals surface area (Å²) in [6.07, 6.45) is 1.67. The summed E-state index contributed by atoms with van der Waals surface area (Å²) in [6, 6.07) is 3.67. The van der Waals surface area contributed by atoms with E-state index in [-0.39, 0.29) is 18.0 Å². The van der Waals surface area contributed by atoms with E-state index in [1.807, 2.05) is 31.4 Å². The van der Waals surface area contributed by atoms with E-state index in [0.29, 0.717) is 0 Å². The fourth-order valence-corrected chi connectivity index (χ4v) is 2.11. The molecule has 2 atom stereocenters. The Morgan fingerprint density at radius 1 is 1.67 bits per heavy atom. The van der Waals surface area contributed by atoms with Crippen LogP contribution >= 0.6 is 11.3 Å². The zero-order chi connectivity index (χ0) is 11.3. The van der Waals surface area contributed by atoms with Gasteiger partial charge >= 0.3 is 0 Å². The monoisotopic (exact) mass is 226 g/mol. The van der Waals surface area contributed by atoms with E-state index in [0.717, 1.165) is 17.7 Å². The number of nitrogens with one attached hydrogen (secondary N) is 1. The molecule has 0 radical (unpaired) electrons. The largest absolute Gasteiger partial charge is 0.347 e. The molecular formula is C11H18N2OS. The Kier molecular flexibility index (Phi) is 4.78. The van der Waals surface area contributed by atoms with Gasteiger partial charge in [0, 0.05) is 4.88 Å². The van der Waals surface area contributed by atoms with Gasteiger partial charge in [0.15, 0.2) is 0 Å². The molecule has 3 nitrogen and oxygen atoms in total. The Labute approximate surface area is 94.7 Å². The van der Waals surface area contributed by atoms with Crippen molar-refractivity contribution in [2.45, 2.75) is 38.8 Å². The number of carbonyl (C=O) groups excluding carboxylic acids is 1. The van der Waals surface area contributed by atoms with Crippen LogP contribution in [0.25, 0.3) is 0 Å². The summed E-state index contributed by atoms with van der Waals surface area (Å²) in [6.45, 7) is 4.00. The first-order valence-electron chi connectivity index (χ1n) is 5.24. The Hall–Kier alpha value is -0.870. The van der Waals surface area contributed by atoms with Crippen LogP contribution in [0.1, 0.15) is 37.6 Å². The molecule has 0 unspecified atom stereocenters. The van der Waals surface area contributed by atoms with Crippen molar-refractivity contribution in [3.8, 4) is 0 Å². The lowest BCUT2D eigenvalue weighted by Gasteiger charge is -2.15. The second-order valence-electron chi connectivity index (χ2n) is 3.64. The average molecular weight is 226 g/mol. The number of carbonyl (C=O) groups is 1. The summed E-state index contributed by atoms with van der Waals surface area (Å²) in [5, 5.41) is 4.92. The van der Waals surface area contributed by atoms with Gasteiger partial charge in [0.1, 0.15) is 0 Å². The van der Waals surface area contributed by atoms with Crippen molar-refractivity contribution in [2.75, 3.05) is 0 Å². The third-order valence-electron chi connectivity index (χ3n) is 2.27. The second-order valence-corrected chi connectivity index (χ2v) is 4.62. The van der Waals surface area contributed by atoms with Gasteiger partial charge in [0.05, 0.1) is 12.1 Å². The highest BCUT2D eigenvalue weighted by molar-refractivity contribution is 7.10. The lowest BCUT2D eigenvalue weighted by molar-refractivity contribution is -0.123. The van der Waals surface area contributed by atoms with E-state index in [1.54, 1.807) is 11.3 Å².